The van der Waals surface area contributed by atoms with Crippen molar-refractivity contribution >= 4 is 39.0 Å². The van der Waals surface area contributed by atoms with Crippen molar-refractivity contribution in [1.82, 2.24) is 9.97 Å². The van der Waals surface area contributed by atoms with Crippen molar-refractivity contribution in [3.63, 3.8) is 0 Å². The maximum Gasteiger partial charge on any atom is 0.346 e. The Kier molecular flexibility index (Phi) is 5.83. The van der Waals surface area contributed by atoms with Crippen molar-refractivity contribution in [3.05, 3.63) is 40.8 Å². The van der Waals surface area contributed by atoms with Gasteiger partial charge < -0.3 is 19.9 Å². The lowest BCUT2D eigenvalue weighted by Crippen LogP contribution is -2.27. The first kappa shape index (κ1) is 20.5. The minimum absolute atomic E-state index is 0.0225. The van der Waals surface area contributed by atoms with Gasteiger partial charge >= 0.3 is 5.97 Å². The number of aryl methyl sites for hydroxylation is 1. The van der Waals surface area contributed by atoms with Crippen LogP contribution in [0.5, 0.6) is 5.75 Å². The summed E-state index contributed by atoms with van der Waals surface area (Å²) in [5, 5.41) is 13.2. The van der Waals surface area contributed by atoms with Gasteiger partial charge in [0.25, 0.3) is 0 Å². The number of thiophene rings is 1. The highest BCUT2D eigenvalue weighted by Crippen LogP contribution is 2.37. The molecular formula is C21H22FN3O4S. The number of hydrogen-bond donors (Lipinski definition) is 2. The SMILES string of the molecule is CO[C@H]1CC[C@@H](Oc2cc(F)ccc2Nc2ncnc3sc(C(=O)O)c(C)c23)CC1. The summed E-state index contributed by atoms with van der Waals surface area (Å²) in [7, 11) is 1.71. The molecule has 30 heavy (non-hydrogen) atoms. The second kappa shape index (κ2) is 8.53. The summed E-state index contributed by atoms with van der Waals surface area (Å²) in [6.07, 6.45) is 5.06. The summed E-state index contributed by atoms with van der Waals surface area (Å²) in [6, 6.07) is 4.30. The first-order valence-electron chi connectivity index (χ1n) is 9.69. The van der Waals surface area contributed by atoms with Crippen LogP contribution in [0.4, 0.5) is 15.9 Å². The molecule has 9 heteroatoms. The molecule has 0 amide bonds. The Morgan fingerprint density at radius 3 is 2.67 bits per heavy atom. The third-order valence-electron chi connectivity index (χ3n) is 5.37. The van der Waals surface area contributed by atoms with E-state index in [1.807, 2.05) is 0 Å². The van der Waals surface area contributed by atoms with Crippen LogP contribution in [-0.2, 0) is 4.74 Å². The molecule has 2 aromatic heterocycles. The van der Waals surface area contributed by atoms with Crippen LogP contribution >= 0.6 is 11.3 Å². The number of halogens is 1. The Bertz CT molecular complexity index is 1080. The van der Waals surface area contributed by atoms with Gasteiger partial charge in [-0.2, -0.15) is 0 Å². The molecule has 7 nitrogen and oxygen atoms in total. The summed E-state index contributed by atoms with van der Waals surface area (Å²) in [6.45, 7) is 1.73. The number of carbonyl (C=O) groups is 1. The monoisotopic (exact) mass is 431 g/mol. The highest BCUT2D eigenvalue weighted by Gasteiger charge is 2.24. The van der Waals surface area contributed by atoms with Gasteiger partial charge in [0.15, 0.2) is 0 Å². The molecule has 3 aromatic rings. The Hall–Kier alpha value is -2.78. The van der Waals surface area contributed by atoms with Crippen LogP contribution in [0.15, 0.2) is 24.5 Å². The fourth-order valence-electron chi connectivity index (χ4n) is 3.76. The van der Waals surface area contributed by atoms with Crippen LogP contribution in [0.1, 0.15) is 40.9 Å². The zero-order chi connectivity index (χ0) is 21.3. The smallest absolute Gasteiger partial charge is 0.346 e. The summed E-state index contributed by atoms with van der Waals surface area (Å²) >= 11 is 1.10. The average molecular weight is 431 g/mol. The van der Waals surface area contributed by atoms with Gasteiger partial charge in [-0.3, -0.25) is 0 Å². The molecule has 1 saturated carbocycles. The number of fused-ring (bicyclic) bond motifs is 1. The predicted molar refractivity (Wildman–Crippen MR) is 112 cm³/mol. The normalized spacial score (nSPS) is 19.0. The summed E-state index contributed by atoms with van der Waals surface area (Å²) in [5.41, 5.74) is 1.15. The number of rotatable bonds is 6. The molecule has 0 radical (unpaired) electrons. The Balaban J connectivity index is 1.63. The average Bonchev–Trinajstić information content (AvgIpc) is 3.08. The third kappa shape index (κ3) is 4.08. The maximum atomic E-state index is 13.9. The molecular weight excluding hydrogens is 409 g/mol. The van der Waals surface area contributed by atoms with E-state index in [2.05, 4.69) is 15.3 Å². The minimum Gasteiger partial charge on any atom is -0.488 e. The molecule has 158 valence electrons. The molecule has 0 spiro atoms. The van der Waals surface area contributed by atoms with Gasteiger partial charge in [0.1, 0.15) is 33.4 Å². The van der Waals surface area contributed by atoms with Crippen LogP contribution in [0.2, 0.25) is 0 Å². The van der Waals surface area contributed by atoms with E-state index >= 15 is 0 Å². The number of nitrogens with one attached hydrogen (secondary N) is 1. The number of hydrogen-bond acceptors (Lipinski definition) is 7. The van der Waals surface area contributed by atoms with Gasteiger partial charge in [0.2, 0.25) is 0 Å². The van der Waals surface area contributed by atoms with E-state index in [0.717, 1.165) is 37.0 Å². The number of carboxylic acid groups (broad SMARTS) is 1. The first-order chi connectivity index (χ1) is 14.5. The second-order valence-corrected chi connectivity index (χ2v) is 8.28. The number of aromatic nitrogens is 2. The fourth-order valence-corrected chi connectivity index (χ4v) is 4.75. The number of methoxy groups -OCH3 is 1. The number of benzene rings is 1. The molecule has 2 N–H and O–H groups in total. The van der Waals surface area contributed by atoms with Gasteiger partial charge in [-0.1, -0.05) is 0 Å². The third-order valence-corrected chi connectivity index (χ3v) is 6.55. The van der Waals surface area contributed by atoms with Crippen molar-refractivity contribution in [3.8, 4) is 5.75 Å². The van der Waals surface area contributed by atoms with Crippen LogP contribution in [0.25, 0.3) is 10.2 Å². The van der Waals surface area contributed by atoms with E-state index in [1.54, 1.807) is 20.1 Å². The zero-order valence-electron chi connectivity index (χ0n) is 16.6. The van der Waals surface area contributed by atoms with Crippen molar-refractivity contribution in [2.45, 2.75) is 44.8 Å². The van der Waals surface area contributed by atoms with E-state index < -0.39 is 11.8 Å². The van der Waals surface area contributed by atoms with Gasteiger partial charge in [-0.05, 0) is 50.3 Å². The van der Waals surface area contributed by atoms with E-state index in [1.165, 1.54) is 18.5 Å². The quantitative estimate of drug-likeness (QED) is 0.572. The lowest BCUT2D eigenvalue weighted by atomic mass is 9.95. The molecule has 0 aliphatic heterocycles. The second-order valence-electron chi connectivity index (χ2n) is 7.28. The molecule has 0 saturated heterocycles. The maximum absolute atomic E-state index is 13.9. The minimum atomic E-state index is -1.00. The van der Waals surface area contributed by atoms with Gasteiger partial charge in [0.05, 0.1) is 23.3 Å². The standard InChI is InChI=1S/C21H22FN3O4S/c1-11-17-19(23-10-24-20(17)30-18(11)21(26)27)25-15-8-3-12(22)9-16(15)29-14-6-4-13(28-2)5-7-14/h3,8-10,13-14H,4-7H2,1-2H3,(H,26,27)(H,23,24,25)/t13-,14+. The molecule has 1 aliphatic carbocycles. The van der Waals surface area contributed by atoms with Gasteiger partial charge in [0, 0.05) is 13.2 Å². The summed E-state index contributed by atoms with van der Waals surface area (Å²) in [5.74, 6) is -0.539. The Morgan fingerprint density at radius 2 is 1.97 bits per heavy atom. The first-order valence-corrected chi connectivity index (χ1v) is 10.5. The molecule has 4 rings (SSSR count). The summed E-state index contributed by atoms with van der Waals surface area (Å²) in [4.78, 5) is 20.8. The van der Waals surface area contributed by atoms with E-state index in [9.17, 15) is 14.3 Å². The van der Waals surface area contributed by atoms with Gasteiger partial charge in [-0.15, -0.1) is 11.3 Å². The number of ether oxygens (including phenoxy) is 2. The number of nitrogens with zero attached hydrogens (tertiary/aromatic N) is 2. The van der Waals surface area contributed by atoms with Crippen molar-refractivity contribution in [2.75, 3.05) is 12.4 Å². The predicted octanol–water partition coefficient (Wildman–Crippen LogP) is 4.92. The number of aromatic carboxylic acids is 1. The number of anilines is 2. The molecule has 1 fully saturated rings. The molecule has 0 atom stereocenters. The highest BCUT2D eigenvalue weighted by molar-refractivity contribution is 7.20. The molecule has 0 unspecified atom stereocenters. The van der Waals surface area contributed by atoms with Crippen LogP contribution in [0, 0.1) is 12.7 Å². The molecule has 2 heterocycles. The molecule has 0 bridgehead atoms. The van der Waals surface area contributed by atoms with Crippen LogP contribution in [0.3, 0.4) is 0 Å². The van der Waals surface area contributed by atoms with Crippen molar-refractivity contribution < 1.29 is 23.8 Å². The molecule has 1 aromatic carbocycles. The topological polar surface area (TPSA) is 93.6 Å². The summed E-state index contributed by atoms with van der Waals surface area (Å²) < 4.78 is 25.5. The van der Waals surface area contributed by atoms with E-state index in [0.29, 0.717) is 33.0 Å². The Labute approximate surface area is 176 Å². The molecule has 1 aliphatic rings. The van der Waals surface area contributed by atoms with Crippen molar-refractivity contribution in [1.29, 1.82) is 0 Å². The van der Waals surface area contributed by atoms with Crippen molar-refractivity contribution in [2.24, 2.45) is 0 Å². The highest BCUT2D eigenvalue weighted by atomic mass is 32.1. The Morgan fingerprint density at radius 1 is 1.23 bits per heavy atom. The number of carboxylic acids is 1. The largest absolute Gasteiger partial charge is 0.488 e. The lowest BCUT2D eigenvalue weighted by molar-refractivity contribution is 0.0329. The van der Waals surface area contributed by atoms with E-state index in [-0.39, 0.29) is 17.1 Å². The fraction of sp³-hybridized carbons (Fsp3) is 0.381. The van der Waals surface area contributed by atoms with Crippen LogP contribution < -0.4 is 10.1 Å². The van der Waals surface area contributed by atoms with Crippen LogP contribution in [-0.4, -0.2) is 40.4 Å². The van der Waals surface area contributed by atoms with E-state index in [4.69, 9.17) is 9.47 Å². The zero-order valence-corrected chi connectivity index (χ0v) is 17.5. The lowest BCUT2D eigenvalue weighted by Gasteiger charge is -2.28. The van der Waals surface area contributed by atoms with Gasteiger partial charge in [-0.25, -0.2) is 19.2 Å².